The summed E-state index contributed by atoms with van der Waals surface area (Å²) in [7, 11) is 0. The van der Waals surface area contributed by atoms with E-state index in [-0.39, 0.29) is 5.56 Å². The molecule has 0 heterocycles. The van der Waals surface area contributed by atoms with Crippen molar-refractivity contribution in [1.29, 1.82) is 0 Å². The third-order valence-electron chi connectivity index (χ3n) is 4.46. The Bertz CT molecular complexity index is 603. The molecule has 1 unspecified atom stereocenters. The number of aliphatic hydroxyl groups excluding tert-OH is 1. The fourth-order valence-corrected chi connectivity index (χ4v) is 2.46. The van der Waals surface area contributed by atoms with Gasteiger partial charge in [0.1, 0.15) is 0 Å². The highest BCUT2D eigenvalue weighted by Gasteiger charge is 2.30. The van der Waals surface area contributed by atoms with Crippen LogP contribution in [0.4, 0.5) is 8.78 Å². The molecule has 1 atom stereocenters. The Morgan fingerprint density at radius 1 is 1.17 bits per heavy atom. The molecule has 0 radical (unpaired) electrons. The summed E-state index contributed by atoms with van der Waals surface area (Å²) in [6, 6.07) is 4.96. The van der Waals surface area contributed by atoms with Gasteiger partial charge in [-0.2, -0.15) is 8.78 Å². The standard InChI is InChI=1S/C20H24F2O/c1-5-19(3,4)16-11-14(7-10-18(23)15-8-9-15)12-17(13-16)20(21,22)6-2/h5-6,8,11-13,18,23H,1-2,7,9-10H2,3-4H3. The Kier molecular flexibility index (Phi) is 4.90. The minimum absolute atomic E-state index is 0.0601. The first-order chi connectivity index (χ1) is 10.7. The van der Waals surface area contributed by atoms with Gasteiger partial charge in [-0.3, -0.25) is 0 Å². The predicted octanol–water partition coefficient (Wildman–Crippen LogP) is 5.05. The van der Waals surface area contributed by atoms with Gasteiger partial charge in [0.25, 0.3) is 5.92 Å². The summed E-state index contributed by atoms with van der Waals surface area (Å²) in [5, 5.41) is 9.95. The van der Waals surface area contributed by atoms with Crippen LogP contribution in [-0.2, 0) is 17.8 Å². The van der Waals surface area contributed by atoms with Crippen LogP contribution < -0.4 is 0 Å². The highest BCUT2D eigenvalue weighted by Crippen LogP contribution is 2.35. The van der Waals surface area contributed by atoms with Crippen LogP contribution in [0, 0.1) is 0 Å². The quantitative estimate of drug-likeness (QED) is 0.665. The van der Waals surface area contributed by atoms with Crippen molar-refractivity contribution in [2.45, 2.75) is 50.6 Å². The molecule has 23 heavy (non-hydrogen) atoms. The topological polar surface area (TPSA) is 20.2 Å². The second-order valence-electron chi connectivity index (χ2n) is 6.71. The smallest absolute Gasteiger partial charge is 0.291 e. The molecule has 2 rings (SSSR count). The van der Waals surface area contributed by atoms with Crippen LogP contribution in [0.25, 0.3) is 0 Å². The van der Waals surface area contributed by atoms with Crippen LogP contribution in [0.2, 0.25) is 0 Å². The van der Waals surface area contributed by atoms with Gasteiger partial charge in [-0.05, 0) is 54.2 Å². The highest BCUT2D eigenvalue weighted by molar-refractivity contribution is 5.40. The fraction of sp³-hybridized carbons (Fsp3) is 0.400. The van der Waals surface area contributed by atoms with Gasteiger partial charge in [0.2, 0.25) is 0 Å². The van der Waals surface area contributed by atoms with Crippen LogP contribution in [0.3, 0.4) is 0 Å². The van der Waals surface area contributed by atoms with E-state index in [2.05, 4.69) is 13.2 Å². The van der Waals surface area contributed by atoms with Crippen molar-refractivity contribution in [2.75, 3.05) is 0 Å². The molecule has 0 saturated heterocycles. The van der Waals surface area contributed by atoms with Crippen LogP contribution in [0.15, 0.2) is 55.2 Å². The van der Waals surface area contributed by atoms with E-state index in [0.717, 1.165) is 23.1 Å². The predicted molar refractivity (Wildman–Crippen MR) is 90.8 cm³/mol. The van der Waals surface area contributed by atoms with Crippen molar-refractivity contribution in [2.24, 2.45) is 0 Å². The maximum absolute atomic E-state index is 14.1. The Hall–Kier alpha value is -1.74. The molecular formula is C20H24F2O. The van der Waals surface area contributed by atoms with Gasteiger partial charge < -0.3 is 5.11 Å². The highest BCUT2D eigenvalue weighted by atomic mass is 19.3. The largest absolute Gasteiger partial charge is 0.389 e. The van der Waals surface area contributed by atoms with E-state index in [0.29, 0.717) is 18.9 Å². The van der Waals surface area contributed by atoms with Gasteiger partial charge in [-0.1, -0.05) is 38.6 Å². The zero-order chi connectivity index (χ0) is 17.3. The molecule has 0 aromatic heterocycles. The molecule has 1 aromatic carbocycles. The van der Waals surface area contributed by atoms with Crippen LogP contribution in [-0.4, -0.2) is 11.2 Å². The average Bonchev–Trinajstić information content (AvgIpc) is 3.37. The van der Waals surface area contributed by atoms with Crippen LogP contribution >= 0.6 is 0 Å². The normalized spacial score (nSPS) is 15.8. The Morgan fingerprint density at radius 2 is 1.78 bits per heavy atom. The number of hydrogen-bond donors (Lipinski definition) is 1. The summed E-state index contributed by atoms with van der Waals surface area (Å²) in [6.45, 7) is 10.9. The Morgan fingerprint density at radius 3 is 2.30 bits per heavy atom. The molecule has 1 aliphatic carbocycles. The number of aryl methyl sites for hydroxylation is 1. The summed E-state index contributed by atoms with van der Waals surface area (Å²) < 4.78 is 28.1. The van der Waals surface area contributed by atoms with Crippen LogP contribution in [0.1, 0.15) is 43.4 Å². The van der Waals surface area contributed by atoms with Gasteiger partial charge in [-0.15, -0.1) is 6.58 Å². The number of allylic oxidation sites excluding steroid dienone is 3. The minimum Gasteiger partial charge on any atom is -0.389 e. The number of halogens is 2. The molecule has 1 N–H and O–H groups in total. The zero-order valence-electron chi connectivity index (χ0n) is 13.8. The van der Waals surface area contributed by atoms with Gasteiger partial charge in [0, 0.05) is 11.0 Å². The first kappa shape index (κ1) is 17.6. The summed E-state index contributed by atoms with van der Waals surface area (Å²) in [5.74, 6) is -3.07. The molecule has 0 aliphatic heterocycles. The lowest BCUT2D eigenvalue weighted by Gasteiger charge is -2.24. The number of benzene rings is 1. The number of alkyl halides is 2. The molecule has 3 heteroatoms. The summed E-state index contributed by atoms with van der Waals surface area (Å²) in [6.07, 6.45) is 5.91. The first-order valence-electron chi connectivity index (χ1n) is 7.86. The minimum atomic E-state index is -3.07. The van der Waals surface area contributed by atoms with Gasteiger partial charge in [0.15, 0.2) is 0 Å². The second-order valence-corrected chi connectivity index (χ2v) is 6.71. The van der Waals surface area contributed by atoms with E-state index >= 15 is 0 Å². The lowest BCUT2D eigenvalue weighted by atomic mass is 9.82. The third kappa shape index (κ3) is 4.17. The third-order valence-corrected chi connectivity index (χ3v) is 4.46. The molecule has 124 valence electrons. The van der Waals surface area contributed by atoms with E-state index in [4.69, 9.17) is 0 Å². The average molecular weight is 318 g/mol. The van der Waals surface area contributed by atoms with Crippen molar-refractivity contribution in [1.82, 2.24) is 0 Å². The van der Waals surface area contributed by atoms with Crippen molar-refractivity contribution in [3.63, 3.8) is 0 Å². The van der Waals surface area contributed by atoms with E-state index in [9.17, 15) is 13.9 Å². The first-order valence-corrected chi connectivity index (χ1v) is 7.86. The maximum Gasteiger partial charge on any atom is 0.291 e. The molecular weight excluding hydrogens is 294 g/mol. The fourth-order valence-electron chi connectivity index (χ4n) is 2.46. The molecule has 1 nitrogen and oxygen atoms in total. The van der Waals surface area contributed by atoms with Crippen molar-refractivity contribution < 1.29 is 13.9 Å². The lowest BCUT2D eigenvalue weighted by Crippen LogP contribution is -2.17. The maximum atomic E-state index is 14.1. The molecule has 0 fully saturated rings. The molecule has 0 saturated carbocycles. The molecule has 1 aromatic rings. The summed E-state index contributed by atoms with van der Waals surface area (Å²) in [5.41, 5.74) is 2.18. The lowest BCUT2D eigenvalue weighted by molar-refractivity contribution is 0.0523. The van der Waals surface area contributed by atoms with E-state index < -0.39 is 17.4 Å². The number of hydrogen-bond acceptors (Lipinski definition) is 1. The van der Waals surface area contributed by atoms with Crippen molar-refractivity contribution >= 4 is 0 Å². The van der Waals surface area contributed by atoms with Crippen LogP contribution in [0.5, 0.6) is 0 Å². The zero-order valence-corrected chi connectivity index (χ0v) is 13.8. The van der Waals surface area contributed by atoms with E-state index in [1.165, 1.54) is 12.1 Å². The summed E-state index contributed by atoms with van der Waals surface area (Å²) in [4.78, 5) is 0. The molecule has 1 aliphatic rings. The molecule has 0 bridgehead atoms. The van der Waals surface area contributed by atoms with E-state index in [1.807, 2.05) is 26.0 Å². The van der Waals surface area contributed by atoms with E-state index in [1.54, 1.807) is 6.08 Å². The SMILES string of the molecule is C=CC(C)(C)c1cc(CCC(O)C2=CC2)cc(C(F)(F)C=C)c1. The van der Waals surface area contributed by atoms with Gasteiger partial charge >= 0.3 is 0 Å². The number of aliphatic hydroxyl groups is 1. The molecule has 0 spiro atoms. The van der Waals surface area contributed by atoms with Crippen molar-refractivity contribution in [3.05, 3.63) is 71.8 Å². The number of rotatable bonds is 8. The van der Waals surface area contributed by atoms with Crippen molar-refractivity contribution in [3.8, 4) is 0 Å². The van der Waals surface area contributed by atoms with Gasteiger partial charge in [0.05, 0.1) is 6.10 Å². The van der Waals surface area contributed by atoms with Gasteiger partial charge in [-0.25, -0.2) is 0 Å². The monoisotopic (exact) mass is 318 g/mol. The molecule has 0 amide bonds. The Balaban J connectivity index is 2.34. The summed E-state index contributed by atoms with van der Waals surface area (Å²) >= 11 is 0. The Labute approximate surface area is 137 Å². The second kappa shape index (κ2) is 6.40.